The number of benzene rings is 2. The summed E-state index contributed by atoms with van der Waals surface area (Å²) in [5, 5.41) is 2.73. The molecule has 0 fully saturated rings. The molecule has 24 heavy (non-hydrogen) atoms. The molecule has 0 bridgehead atoms. The molecule has 2 aromatic carbocycles. The average Bonchev–Trinajstić information content (AvgIpc) is 2.85. The van der Waals surface area contributed by atoms with Gasteiger partial charge >= 0.3 is 0 Å². The highest BCUT2D eigenvalue weighted by molar-refractivity contribution is 6.06. The van der Waals surface area contributed by atoms with Crippen molar-refractivity contribution in [1.29, 1.82) is 0 Å². The number of anilines is 1. The fraction of sp³-hybridized carbons (Fsp3) is 0.263. The number of rotatable bonds is 6. The lowest BCUT2D eigenvalue weighted by Crippen LogP contribution is -2.37. The Kier molecular flexibility index (Phi) is 4.79. The fourth-order valence-corrected chi connectivity index (χ4v) is 2.89. The Bertz CT molecular complexity index is 730. The van der Waals surface area contributed by atoms with Crippen LogP contribution in [0.5, 0.6) is 5.75 Å². The van der Waals surface area contributed by atoms with Crippen LogP contribution in [0.2, 0.25) is 0 Å². The van der Waals surface area contributed by atoms with E-state index in [1.54, 1.807) is 4.90 Å². The topological polar surface area (TPSA) is 58.6 Å². The quantitative estimate of drug-likeness (QED) is 0.831. The zero-order chi connectivity index (χ0) is 16.9. The number of ether oxygens (including phenoxy) is 1. The van der Waals surface area contributed by atoms with Gasteiger partial charge in [0.05, 0.1) is 6.61 Å². The molecule has 1 heterocycles. The summed E-state index contributed by atoms with van der Waals surface area (Å²) in [7, 11) is 0. The van der Waals surface area contributed by atoms with E-state index in [4.69, 9.17) is 4.74 Å². The maximum absolute atomic E-state index is 12.6. The summed E-state index contributed by atoms with van der Waals surface area (Å²) in [5.41, 5.74) is 1.71. The van der Waals surface area contributed by atoms with E-state index in [2.05, 4.69) is 5.32 Å². The third-order valence-corrected chi connectivity index (χ3v) is 3.94. The molecule has 0 unspecified atom stereocenters. The predicted octanol–water partition coefficient (Wildman–Crippen LogP) is 2.68. The molecular formula is C19H20N2O3. The minimum Gasteiger partial charge on any atom is -0.494 e. The number of amides is 2. The van der Waals surface area contributed by atoms with E-state index in [1.807, 2.05) is 54.6 Å². The first-order valence-corrected chi connectivity index (χ1v) is 8.02. The van der Waals surface area contributed by atoms with Crippen molar-refractivity contribution in [3.63, 3.8) is 0 Å². The molecule has 124 valence electrons. The van der Waals surface area contributed by atoms with E-state index in [9.17, 15) is 9.59 Å². The van der Waals surface area contributed by atoms with Crippen molar-refractivity contribution in [2.75, 3.05) is 18.1 Å². The van der Waals surface area contributed by atoms with Gasteiger partial charge in [-0.3, -0.25) is 9.59 Å². The van der Waals surface area contributed by atoms with Crippen molar-refractivity contribution in [3.8, 4) is 5.75 Å². The van der Waals surface area contributed by atoms with Crippen LogP contribution in [-0.2, 0) is 9.59 Å². The molecule has 2 aromatic rings. The number of carbonyl (C=O) groups is 2. The van der Waals surface area contributed by atoms with Crippen LogP contribution in [0.1, 0.15) is 24.9 Å². The number of nitrogens with zero attached hydrogens (tertiary/aromatic N) is 1. The standard InChI is InChI=1S/C19H20N2O3/c1-14(22)20-18-16-10-5-6-11-17(16)21(19(18)23)12-7-13-24-15-8-3-2-4-9-15/h2-6,8-11,18H,7,12-13H2,1H3,(H,20,22)/t18-/m0/s1. The Hall–Kier alpha value is -2.82. The molecule has 1 aliphatic heterocycles. The number of nitrogens with one attached hydrogen (secondary N) is 1. The smallest absolute Gasteiger partial charge is 0.254 e. The van der Waals surface area contributed by atoms with Crippen molar-refractivity contribution in [3.05, 3.63) is 60.2 Å². The van der Waals surface area contributed by atoms with E-state index in [0.717, 1.165) is 17.0 Å². The first-order chi connectivity index (χ1) is 11.7. The monoisotopic (exact) mass is 324 g/mol. The molecule has 3 rings (SSSR count). The molecule has 0 saturated heterocycles. The zero-order valence-electron chi connectivity index (χ0n) is 13.6. The summed E-state index contributed by atoms with van der Waals surface area (Å²) in [5.74, 6) is 0.519. The summed E-state index contributed by atoms with van der Waals surface area (Å²) >= 11 is 0. The molecule has 1 aliphatic rings. The van der Waals surface area contributed by atoms with Gasteiger partial charge in [-0.05, 0) is 24.6 Å². The van der Waals surface area contributed by atoms with E-state index in [1.165, 1.54) is 6.92 Å². The lowest BCUT2D eigenvalue weighted by molar-refractivity contribution is -0.126. The van der Waals surface area contributed by atoms with E-state index in [0.29, 0.717) is 19.6 Å². The van der Waals surface area contributed by atoms with Crippen LogP contribution >= 0.6 is 0 Å². The van der Waals surface area contributed by atoms with Crippen LogP contribution in [0.25, 0.3) is 0 Å². The van der Waals surface area contributed by atoms with Gasteiger partial charge in [0, 0.05) is 24.7 Å². The van der Waals surface area contributed by atoms with Gasteiger partial charge in [0.1, 0.15) is 11.8 Å². The molecule has 2 amide bonds. The third-order valence-electron chi connectivity index (χ3n) is 3.94. The van der Waals surface area contributed by atoms with E-state index < -0.39 is 6.04 Å². The molecule has 0 radical (unpaired) electrons. The normalized spacial score (nSPS) is 16.0. The van der Waals surface area contributed by atoms with Gasteiger partial charge in [0.15, 0.2) is 0 Å². The van der Waals surface area contributed by atoms with Gasteiger partial charge in [-0.25, -0.2) is 0 Å². The summed E-state index contributed by atoms with van der Waals surface area (Å²) in [6.07, 6.45) is 0.710. The molecule has 0 saturated carbocycles. The van der Waals surface area contributed by atoms with Gasteiger partial charge in [-0.2, -0.15) is 0 Å². The molecule has 5 nitrogen and oxygen atoms in total. The number of hydrogen-bond acceptors (Lipinski definition) is 3. The summed E-state index contributed by atoms with van der Waals surface area (Å²) in [6, 6.07) is 16.6. The largest absolute Gasteiger partial charge is 0.494 e. The lowest BCUT2D eigenvalue weighted by atomic mass is 10.1. The maximum atomic E-state index is 12.6. The van der Waals surface area contributed by atoms with Crippen molar-refractivity contribution in [2.45, 2.75) is 19.4 Å². The van der Waals surface area contributed by atoms with Gasteiger partial charge in [0.25, 0.3) is 5.91 Å². The van der Waals surface area contributed by atoms with Gasteiger partial charge in [-0.1, -0.05) is 36.4 Å². The van der Waals surface area contributed by atoms with Crippen LogP contribution in [0.4, 0.5) is 5.69 Å². The minimum atomic E-state index is -0.589. The Morgan fingerprint density at radius 2 is 1.83 bits per heavy atom. The summed E-state index contributed by atoms with van der Waals surface area (Å²) < 4.78 is 5.67. The van der Waals surface area contributed by atoms with Gasteiger partial charge in [0.2, 0.25) is 5.91 Å². The summed E-state index contributed by atoms with van der Waals surface area (Å²) in [6.45, 7) is 2.51. The van der Waals surface area contributed by atoms with Crippen molar-refractivity contribution in [1.82, 2.24) is 5.32 Å². The maximum Gasteiger partial charge on any atom is 0.254 e. The Balaban J connectivity index is 1.63. The average molecular weight is 324 g/mol. The minimum absolute atomic E-state index is 0.0916. The fourth-order valence-electron chi connectivity index (χ4n) is 2.89. The Labute approximate surface area is 141 Å². The van der Waals surface area contributed by atoms with Crippen LogP contribution in [0.3, 0.4) is 0 Å². The molecule has 1 N–H and O–H groups in total. The first-order valence-electron chi connectivity index (χ1n) is 8.02. The molecule has 1 atom stereocenters. The molecule has 0 aromatic heterocycles. The molecule has 0 aliphatic carbocycles. The van der Waals surface area contributed by atoms with Crippen molar-refractivity contribution < 1.29 is 14.3 Å². The zero-order valence-corrected chi connectivity index (χ0v) is 13.6. The molecule has 5 heteroatoms. The SMILES string of the molecule is CC(=O)N[C@@H]1C(=O)N(CCCOc2ccccc2)c2ccccc21. The van der Waals surface area contributed by atoms with E-state index >= 15 is 0 Å². The van der Waals surface area contributed by atoms with E-state index in [-0.39, 0.29) is 11.8 Å². The molecule has 0 spiro atoms. The second kappa shape index (κ2) is 7.17. The number of fused-ring (bicyclic) bond motifs is 1. The predicted molar refractivity (Wildman–Crippen MR) is 91.9 cm³/mol. The van der Waals surface area contributed by atoms with Gasteiger partial charge < -0.3 is 15.0 Å². The highest BCUT2D eigenvalue weighted by atomic mass is 16.5. The summed E-state index contributed by atoms with van der Waals surface area (Å²) in [4.78, 5) is 25.7. The number of para-hydroxylation sites is 2. The number of hydrogen-bond donors (Lipinski definition) is 1. The van der Waals surface area contributed by atoms with Crippen LogP contribution < -0.4 is 15.0 Å². The number of carbonyl (C=O) groups excluding carboxylic acids is 2. The first kappa shape index (κ1) is 16.1. The lowest BCUT2D eigenvalue weighted by Gasteiger charge is -2.18. The van der Waals surface area contributed by atoms with Crippen LogP contribution in [0.15, 0.2) is 54.6 Å². The van der Waals surface area contributed by atoms with Crippen molar-refractivity contribution in [2.24, 2.45) is 0 Å². The highest BCUT2D eigenvalue weighted by Crippen LogP contribution is 2.35. The Morgan fingerprint density at radius 3 is 2.58 bits per heavy atom. The molecular weight excluding hydrogens is 304 g/mol. The van der Waals surface area contributed by atoms with Gasteiger partial charge in [-0.15, -0.1) is 0 Å². The van der Waals surface area contributed by atoms with Crippen LogP contribution in [0, 0.1) is 0 Å². The highest BCUT2D eigenvalue weighted by Gasteiger charge is 2.37. The van der Waals surface area contributed by atoms with Crippen LogP contribution in [-0.4, -0.2) is 25.0 Å². The van der Waals surface area contributed by atoms with Crippen molar-refractivity contribution >= 4 is 17.5 Å². The second-order valence-corrected chi connectivity index (χ2v) is 5.70. The second-order valence-electron chi connectivity index (χ2n) is 5.70. The third kappa shape index (κ3) is 3.40. The Morgan fingerprint density at radius 1 is 1.12 bits per heavy atom.